The Balaban J connectivity index is 0.000000621. The summed E-state index contributed by atoms with van der Waals surface area (Å²) in [6.45, 7) is -3.11. The molecule has 0 aromatic heterocycles. The van der Waals surface area contributed by atoms with E-state index < -0.39 is 197 Å². The fourth-order valence-electron chi connectivity index (χ4n) is 9.80. The molecule has 1 aliphatic heterocycles. The van der Waals surface area contributed by atoms with Crippen molar-refractivity contribution in [3.8, 4) is 6.07 Å². The van der Waals surface area contributed by atoms with Crippen molar-refractivity contribution in [2.45, 2.75) is 170 Å². The van der Waals surface area contributed by atoms with Crippen molar-refractivity contribution in [2.75, 3.05) is 93.5 Å². The van der Waals surface area contributed by atoms with Crippen LogP contribution < -0.4 is 0 Å². The lowest BCUT2D eigenvalue weighted by molar-refractivity contribution is -0.589. The second-order valence-electron chi connectivity index (χ2n) is 26.5. The van der Waals surface area contributed by atoms with Crippen LogP contribution >= 0.6 is 0 Å². The molecule has 0 saturated heterocycles. The van der Waals surface area contributed by atoms with Crippen LogP contribution in [-0.2, 0) is 101 Å². The van der Waals surface area contributed by atoms with Crippen molar-refractivity contribution in [3.63, 3.8) is 0 Å². The van der Waals surface area contributed by atoms with E-state index in [9.17, 15) is 225 Å². The van der Waals surface area contributed by atoms with Gasteiger partial charge in [0.25, 0.3) is 5.60 Å². The highest BCUT2D eigenvalue weighted by molar-refractivity contribution is 5.97. The second-order valence-corrected chi connectivity index (χ2v) is 26.5. The Labute approximate surface area is 755 Å². The Morgan fingerprint density at radius 3 is 0.887 bits per heavy atom. The summed E-state index contributed by atoms with van der Waals surface area (Å²) < 4.78 is 724. The quantitative estimate of drug-likeness (QED) is 0.0132. The van der Waals surface area contributed by atoms with Crippen LogP contribution in [0, 0.1) is 11.3 Å². The predicted octanol–water partition coefficient (Wildman–Crippen LogP) is 22.8. The average molecular weight is 2200 g/mol. The maximum absolute atomic E-state index is 14.4. The van der Waals surface area contributed by atoms with Gasteiger partial charge in [-0.2, -0.15) is 185 Å². The van der Waals surface area contributed by atoms with Crippen LogP contribution in [0.3, 0.4) is 0 Å². The summed E-state index contributed by atoms with van der Waals surface area (Å²) in [6.07, 6.45) is -140. The Bertz CT molecular complexity index is 4560. The van der Waals surface area contributed by atoms with Gasteiger partial charge in [-0.1, -0.05) is 133 Å². The van der Waals surface area contributed by atoms with Gasteiger partial charge in [-0.15, -0.1) is 50.5 Å². The van der Waals surface area contributed by atoms with Gasteiger partial charge in [-0.05, 0) is 11.1 Å². The Morgan fingerprint density at radius 1 is 0.324 bits per heavy atom. The summed E-state index contributed by atoms with van der Waals surface area (Å²) >= 11 is 0. The van der Waals surface area contributed by atoms with Crippen molar-refractivity contribution in [3.05, 3.63) is 166 Å². The van der Waals surface area contributed by atoms with Gasteiger partial charge in [-0.25, -0.2) is 37.9 Å². The van der Waals surface area contributed by atoms with Crippen LogP contribution in [0.2, 0.25) is 0 Å². The number of rotatable bonds is 57. The number of ether oxygens (including phenoxy) is 18. The van der Waals surface area contributed by atoms with Crippen LogP contribution in [0.1, 0.15) is 28.7 Å². The summed E-state index contributed by atoms with van der Waals surface area (Å²) in [5.41, 5.74) is -0.590. The molecule has 0 aliphatic carbocycles. The van der Waals surface area contributed by atoms with E-state index in [1.54, 1.807) is 67.8 Å². The van der Waals surface area contributed by atoms with Gasteiger partial charge in [0.1, 0.15) is 18.9 Å². The molecule has 0 radical (unpaired) electrons. The molecule has 142 heavy (non-hydrogen) atoms. The standard InChI is InChI=1S/C35H28F25NO10.C19H21NO4.C16H7F25O6/c1-62-12-13-63-14-15-65-24(19-8-4-2-5-9-19,20-10-6-3-7-11-20)22-16-21(66-61-22)17-64-18-23(36,37)67-28(44,45)25(38,39)26(40,41)29(46,47)68-30(48,49)27(42,43)31(50,51)69-32(52,53)33(54,55)70-35(59,60)71-34(56,57)58;1-22-12-13-23-14-15-24-19(16-20-21,17-8-4-2-5-9-17)18-10-6-3-7-11-18;1-2-3-42-4-5(17,18)43-9(25,26)6(19,20)7(21,22)10(27,28)44-11(29,30)8(23,24)12(31,32)45-13(33,34)14(35,36)46-16(40,41)47-15(37,38)39/h2-11,21H,12-18H2,1H3;2-11H,12-15H2,1H3;2H,1,3-4H2. The maximum Gasteiger partial charge on any atom is 0.529 e. The van der Waals surface area contributed by atoms with E-state index >= 15 is 0 Å². The minimum Gasteiger partial charge on any atom is -0.498 e. The van der Waals surface area contributed by atoms with E-state index in [0.717, 1.165) is 25.3 Å². The Morgan fingerprint density at radius 2 is 0.592 bits per heavy atom. The molecule has 0 N–H and O–H groups in total. The summed E-state index contributed by atoms with van der Waals surface area (Å²) in [4.78, 5) is 5.15. The largest absolute Gasteiger partial charge is 0.529 e. The molecule has 22 nitrogen and oxygen atoms in total. The van der Waals surface area contributed by atoms with E-state index in [-0.39, 0.29) is 38.7 Å². The van der Waals surface area contributed by atoms with Crippen LogP contribution in [0.4, 0.5) is 220 Å². The van der Waals surface area contributed by atoms with E-state index in [0.29, 0.717) is 37.0 Å². The Kier molecular flexibility index (Phi) is 41.7. The van der Waals surface area contributed by atoms with Crippen molar-refractivity contribution in [2.24, 2.45) is 5.16 Å². The third-order valence-electron chi connectivity index (χ3n) is 16.0. The van der Waals surface area contributed by atoms with E-state index in [2.05, 4.69) is 37.0 Å². The van der Waals surface area contributed by atoms with Gasteiger partial charge >= 0.3 is 152 Å². The normalized spacial score (nSPS) is 15.6. The molecule has 1 aliphatic rings. The van der Waals surface area contributed by atoms with Gasteiger partial charge in [0, 0.05) is 36.8 Å². The summed E-state index contributed by atoms with van der Waals surface area (Å²) in [6, 6.07) is 37.1. The van der Waals surface area contributed by atoms with E-state index in [1.165, 1.54) is 30.8 Å². The molecule has 816 valence electrons. The van der Waals surface area contributed by atoms with Gasteiger partial charge in [-0.3, -0.25) is 0 Å². The molecular formula is C70H56F50N2O20. The smallest absolute Gasteiger partial charge is 0.498 e. The molecule has 5 rings (SSSR count). The van der Waals surface area contributed by atoms with Crippen LogP contribution in [0.15, 0.2) is 139 Å². The monoisotopic (exact) mass is 2190 g/mol. The van der Waals surface area contributed by atoms with Gasteiger partial charge < -0.3 is 47.9 Å². The first-order valence-electron chi connectivity index (χ1n) is 36.1. The minimum absolute atomic E-state index is 0.0465. The van der Waals surface area contributed by atoms with Gasteiger partial charge in [0.15, 0.2) is 11.7 Å². The zero-order valence-electron chi connectivity index (χ0n) is 68.6. The van der Waals surface area contributed by atoms with Crippen molar-refractivity contribution >= 4 is 5.71 Å². The first-order chi connectivity index (χ1) is 63.9. The summed E-state index contributed by atoms with van der Waals surface area (Å²) in [5.74, 6) is -51.5. The lowest BCUT2D eigenvalue weighted by Gasteiger charge is -2.39. The molecule has 72 heteroatoms. The number of hydrogen-bond acceptors (Lipinski definition) is 21. The number of oxime groups is 1. The molecule has 0 bridgehead atoms. The fourth-order valence-corrected chi connectivity index (χ4v) is 9.80. The molecule has 1 heterocycles. The van der Waals surface area contributed by atoms with Crippen LogP contribution in [-0.4, -0.2) is 252 Å². The van der Waals surface area contributed by atoms with Gasteiger partial charge in [0.2, 0.25) is 0 Å². The van der Waals surface area contributed by atoms with E-state index in [1.807, 2.05) is 65.4 Å². The molecule has 4 aromatic carbocycles. The molecule has 0 amide bonds. The molecule has 0 saturated carbocycles. The third-order valence-corrected chi connectivity index (χ3v) is 16.0. The molecule has 0 spiro atoms. The highest BCUT2D eigenvalue weighted by Gasteiger charge is 2.91. The molecular weight excluding hydrogens is 2140 g/mol. The minimum atomic E-state index is -8.71. The zero-order chi connectivity index (χ0) is 110. The lowest BCUT2D eigenvalue weighted by Crippen LogP contribution is -2.68. The number of hydrogen-bond donors (Lipinski definition) is 0. The average Bonchev–Trinajstić information content (AvgIpc) is 0.925. The third kappa shape index (κ3) is 31.6. The second kappa shape index (κ2) is 46.5. The highest BCUT2D eigenvalue weighted by Crippen LogP contribution is 2.63. The lowest BCUT2D eigenvalue weighted by atomic mass is 9.80. The Hall–Kier alpha value is -8.84. The number of alkyl halides is 50. The maximum atomic E-state index is 14.4. The van der Waals surface area contributed by atoms with Crippen LogP contribution in [0.25, 0.3) is 5.01 Å². The van der Waals surface area contributed by atoms with E-state index in [4.69, 9.17) is 33.3 Å². The number of methoxy groups -OCH3 is 2. The molecule has 4 aromatic rings. The predicted molar refractivity (Wildman–Crippen MR) is 356 cm³/mol. The first kappa shape index (κ1) is 127. The number of halogens is 50. The van der Waals surface area contributed by atoms with Crippen LogP contribution in [0.5, 0.6) is 0 Å². The zero-order valence-corrected chi connectivity index (χ0v) is 68.6. The number of nitrogens with zero attached hydrogens (tertiary/aromatic N) is 2. The first-order valence-corrected chi connectivity index (χ1v) is 36.1. The topological polar surface area (TPSA) is 215 Å². The summed E-state index contributed by atoms with van der Waals surface area (Å²) in [5, 5.41) is 17.9. The van der Waals surface area contributed by atoms with Crippen molar-refractivity contribution in [1.29, 1.82) is 0 Å². The van der Waals surface area contributed by atoms with Crippen molar-refractivity contribution < 1.29 is 310 Å². The summed E-state index contributed by atoms with van der Waals surface area (Å²) in [7, 11) is 3.01. The highest BCUT2D eigenvalue weighted by atomic mass is 19.4. The molecule has 1 atom stereocenters. The number of benzene rings is 4. The van der Waals surface area contributed by atoms with Gasteiger partial charge in [0.05, 0.1) is 66.1 Å². The molecule has 1 unspecified atom stereocenters. The van der Waals surface area contributed by atoms with Crippen molar-refractivity contribution in [1.82, 2.24) is 0 Å². The molecule has 0 fully saturated rings. The fraction of sp³-hybridized carbons (Fsp3) is 0.600. The SMILES string of the molecule is C=CCOCC(F)(F)OC(F)(F)C(F)(F)C(F)(F)C(F)(F)OC(F)(F)C(F)(F)C(F)(F)OC(F)(F)C(F)(F)OC(F)(F)OC(F)(F)F.COCCOCCOC(C#[N+][O-])(c1ccccc1)c1ccccc1.COCCOCCOC(C1=NOC(COCC(F)(F)OC(F)(F)C(F)(F)C(F)(F)C(F)(F)OC(F)(F)C(F)(F)C(F)(F)OC(F)(F)C(F)(F)OC(F)(F)OC(F)(F)F)C1)(c1ccccc1)c1ccccc1.